The lowest BCUT2D eigenvalue weighted by Crippen LogP contribution is -2.19. The molecule has 5 heteroatoms. The van der Waals surface area contributed by atoms with Gasteiger partial charge in [-0.15, -0.1) is 0 Å². The molecule has 1 aromatic carbocycles. The number of Topliss-reactive ketones (excluding diaryl/α,β-unsaturated/α-hetero) is 1. The normalized spacial score (nSPS) is 11.9. The summed E-state index contributed by atoms with van der Waals surface area (Å²) in [7, 11) is 0. The van der Waals surface area contributed by atoms with Crippen LogP contribution in [0.15, 0.2) is 18.2 Å². The Balaban J connectivity index is 2.77. The zero-order chi connectivity index (χ0) is 13.7. The summed E-state index contributed by atoms with van der Waals surface area (Å²) < 4.78 is 5.36. The first-order valence-electron chi connectivity index (χ1n) is 5.86. The SMILES string of the molecule is CCC(C)C(=O)COc1cccc([N+](=O)[O-])c1C. The molecule has 0 radical (unpaired) electrons. The van der Waals surface area contributed by atoms with Crippen LogP contribution in [0, 0.1) is 23.0 Å². The highest BCUT2D eigenvalue weighted by Crippen LogP contribution is 2.27. The molecule has 1 aromatic rings. The Labute approximate surface area is 106 Å². The summed E-state index contributed by atoms with van der Waals surface area (Å²) in [5, 5.41) is 10.7. The molecular formula is C13H17NO4. The zero-order valence-corrected chi connectivity index (χ0v) is 10.8. The number of ketones is 1. The van der Waals surface area contributed by atoms with E-state index in [1.165, 1.54) is 6.07 Å². The number of nitro benzene ring substituents is 1. The fourth-order valence-electron chi connectivity index (χ4n) is 1.48. The summed E-state index contributed by atoms with van der Waals surface area (Å²) in [4.78, 5) is 21.9. The lowest BCUT2D eigenvalue weighted by molar-refractivity contribution is -0.385. The molecule has 0 fully saturated rings. The molecule has 1 rings (SSSR count). The highest BCUT2D eigenvalue weighted by Gasteiger charge is 2.16. The summed E-state index contributed by atoms with van der Waals surface area (Å²) in [6.45, 7) is 5.34. The van der Waals surface area contributed by atoms with Gasteiger partial charge in [-0.25, -0.2) is 0 Å². The number of ether oxygens (including phenoxy) is 1. The predicted molar refractivity (Wildman–Crippen MR) is 67.8 cm³/mol. The summed E-state index contributed by atoms with van der Waals surface area (Å²) in [5.41, 5.74) is 0.447. The molecule has 0 bridgehead atoms. The van der Waals surface area contributed by atoms with E-state index in [0.29, 0.717) is 11.3 Å². The number of rotatable bonds is 6. The number of hydrogen-bond donors (Lipinski definition) is 0. The molecule has 0 aromatic heterocycles. The van der Waals surface area contributed by atoms with Crippen LogP contribution in [-0.4, -0.2) is 17.3 Å². The molecule has 0 aliphatic carbocycles. The van der Waals surface area contributed by atoms with Crippen molar-refractivity contribution in [3.8, 4) is 5.75 Å². The van der Waals surface area contributed by atoms with Crippen LogP contribution in [-0.2, 0) is 4.79 Å². The molecule has 0 aliphatic rings. The predicted octanol–water partition coefficient (Wildman–Crippen LogP) is 2.90. The van der Waals surface area contributed by atoms with Crippen molar-refractivity contribution in [2.24, 2.45) is 5.92 Å². The van der Waals surface area contributed by atoms with Crippen LogP contribution in [0.5, 0.6) is 5.75 Å². The minimum atomic E-state index is -0.460. The summed E-state index contributed by atoms with van der Waals surface area (Å²) >= 11 is 0. The van der Waals surface area contributed by atoms with Crippen LogP contribution < -0.4 is 4.74 Å². The van der Waals surface area contributed by atoms with Crippen LogP contribution in [0.4, 0.5) is 5.69 Å². The third kappa shape index (κ3) is 3.29. The first kappa shape index (κ1) is 14.2. The van der Waals surface area contributed by atoms with Gasteiger partial charge in [0, 0.05) is 12.0 Å². The number of carbonyl (C=O) groups is 1. The second kappa shape index (κ2) is 6.14. The monoisotopic (exact) mass is 251 g/mol. The van der Waals surface area contributed by atoms with Crippen molar-refractivity contribution in [3.63, 3.8) is 0 Å². The minimum Gasteiger partial charge on any atom is -0.485 e. The van der Waals surface area contributed by atoms with Crippen LogP contribution in [0.1, 0.15) is 25.8 Å². The fourth-order valence-corrected chi connectivity index (χ4v) is 1.48. The van der Waals surface area contributed by atoms with Gasteiger partial charge in [0.2, 0.25) is 0 Å². The Morgan fingerprint density at radius 2 is 2.17 bits per heavy atom. The molecule has 0 aliphatic heterocycles. The lowest BCUT2D eigenvalue weighted by atomic mass is 10.0. The van der Waals surface area contributed by atoms with E-state index in [9.17, 15) is 14.9 Å². The van der Waals surface area contributed by atoms with Gasteiger partial charge in [0.25, 0.3) is 5.69 Å². The van der Waals surface area contributed by atoms with Crippen LogP contribution in [0.2, 0.25) is 0 Å². The molecule has 0 amide bonds. The van der Waals surface area contributed by atoms with Gasteiger partial charge in [-0.3, -0.25) is 14.9 Å². The van der Waals surface area contributed by atoms with Gasteiger partial charge in [-0.1, -0.05) is 19.9 Å². The Morgan fingerprint density at radius 1 is 1.50 bits per heavy atom. The summed E-state index contributed by atoms with van der Waals surface area (Å²) in [5.74, 6) is 0.341. The molecular weight excluding hydrogens is 234 g/mol. The average Bonchev–Trinajstić information content (AvgIpc) is 2.35. The van der Waals surface area contributed by atoms with Crippen molar-refractivity contribution >= 4 is 11.5 Å². The molecule has 1 atom stereocenters. The third-order valence-electron chi connectivity index (χ3n) is 2.98. The van der Waals surface area contributed by atoms with E-state index in [0.717, 1.165) is 6.42 Å². The van der Waals surface area contributed by atoms with Gasteiger partial charge in [0.1, 0.15) is 12.4 Å². The third-order valence-corrected chi connectivity index (χ3v) is 2.98. The largest absolute Gasteiger partial charge is 0.485 e. The molecule has 0 saturated carbocycles. The van der Waals surface area contributed by atoms with Crippen molar-refractivity contribution in [3.05, 3.63) is 33.9 Å². The number of carbonyl (C=O) groups excluding carboxylic acids is 1. The maximum atomic E-state index is 11.6. The van der Waals surface area contributed by atoms with Crippen LogP contribution >= 0.6 is 0 Å². The van der Waals surface area contributed by atoms with E-state index in [4.69, 9.17) is 4.74 Å². The van der Waals surface area contributed by atoms with Crippen molar-refractivity contribution in [2.75, 3.05) is 6.61 Å². The summed E-state index contributed by atoms with van der Waals surface area (Å²) in [6.07, 6.45) is 0.760. The van der Waals surface area contributed by atoms with Gasteiger partial charge >= 0.3 is 0 Å². The molecule has 18 heavy (non-hydrogen) atoms. The zero-order valence-electron chi connectivity index (χ0n) is 10.8. The lowest BCUT2D eigenvalue weighted by Gasteiger charge is -2.11. The second-order valence-electron chi connectivity index (χ2n) is 4.22. The smallest absolute Gasteiger partial charge is 0.276 e. The Bertz CT molecular complexity index is 456. The highest BCUT2D eigenvalue weighted by molar-refractivity contribution is 5.82. The highest BCUT2D eigenvalue weighted by atomic mass is 16.6. The molecule has 0 saturated heterocycles. The van der Waals surface area contributed by atoms with E-state index in [1.54, 1.807) is 19.1 Å². The summed E-state index contributed by atoms with van der Waals surface area (Å²) in [6, 6.07) is 4.60. The minimum absolute atomic E-state index is 0.00315. The van der Waals surface area contributed by atoms with E-state index in [2.05, 4.69) is 0 Å². The van der Waals surface area contributed by atoms with Gasteiger partial charge in [0.15, 0.2) is 5.78 Å². The molecule has 0 heterocycles. The maximum Gasteiger partial charge on any atom is 0.276 e. The van der Waals surface area contributed by atoms with E-state index in [1.807, 2.05) is 13.8 Å². The van der Waals surface area contributed by atoms with E-state index < -0.39 is 4.92 Å². The molecule has 98 valence electrons. The van der Waals surface area contributed by atoms with Gasteiger partial charge < -0.3 is 4.74 Å². The topological polar surface area (TPSA) is 69.4 Å². The average molecular weight is 251 g/mol. The van der Waals surface area contributed by atoms with Gasteiger partial charge in [0.05, 0.1) is 10.5 Å². The number of benzene rings is 1. The molecule has 0 N–H and O–H groups in total. The van der Waals surface area contributed by atoms with Gasteiger partial charge in [-0.05, 0) is 19.4 Å². The van der Waals surface area contributed by atoms with Crippen molar-refractivity contribution in [1.82, 2.24) is 0 Å². The van der Waals surface area contributed by atoms with Crippen molar-refractivity contribution in [1.29, 1.82) is 0 Å². The second-order valence-corrected chi connectivity index (χ2v) is 4.22. The quantitative estimate of drug-likeness (QED) is 0.575. The molecule has 0 spiro atoms. The molecule has 1 unspecified atom stereocenters. The number of nitro groups is 1. The van der Waals surface area contributed by atoms with Gasteiger partial charge in [-0.2, -0.15) is 0 Å². The number of hydrogen-bond acceptors (Lipinski definition) is 4. The maximum absolute atomic E-state index is 11.6. The fraction of sp³-hybridized carbons (Fsp3) is 0.462. The standard InChI is InChI=1S/C13H17NO4/c1-4-9(2)12(15)8-18-13-7-5-6-11(10(13)3)14(16)17/h5-7,9H,4,8H2,1-3H3. The first-order valence-corrected chi connectivity index (χ1v) is 5.86. The van der Waals surface area contributed by atoms with E-state index in [-0.39, 0.29) is 24.0 Å². The first-order chi connectivity index (χ1) is 8.47. The van der Waals surface area contributed by atoms with Crippen molar-refractivity contribution in [2.45, 2.75) is 27.2 Å². The van der Waals surface area contributed by atoms with Crippen LogP contribution in [0.25, 0.3) is 0 Å². The van der Waals surface area contributed by atoms with Crippen LogP contribution in [0.3, 0.4) is 0 Å². The number of nitrogens with zero attached hydrogens (tertiary/aromatic N) is 1. The Kier molecular flexibility index (Phi) is 4.83. The Morgan fingerprint density at radius 3 is 2.72 bits per heavy atom. The molecule has 5 nitrogen and oxygen atoms in total. The van der Waals surface area contributed by atoms with E-state index >= 15 is 0 Å². The van der Waals surface area contributed by atoms with Crippen molar-refractivity contribution < 1.29 is 14.5 Å². The Hall–Kier alpha value is -1.91.